The Morgan fingerprint density at radius 3 is 1.93 bits per heavy atom. The molecule has 7 heteroatoms. The molecule has 2 aromatic carbocycles. The van der Waals surface area contributed by atoms with E-state index in [9.17, 15) is 9.59 Å². The van der Waals surface area contributed by atoms with Gasteiger partial charge >= 0.3 is 0 Å². The first-order valence-corrected chi connectivity index (χ1v) is 11.3. The van der Waals surface area contributed by atoms with Crippen LogP contribution in [-0.2, 0) is 9.59 Å². The van der Waals surface area contributed by atoms with Crippen LogP contribution in [0.25, 0.3) is 0 Å². The molecule has 0 radical (unpaired) electrons. The fourth-order valence-corrected chi connectivity index (χ4v) is 3.13. The summed E-state index contributed by atoms with van der Waals surface area (Å²) in [4.78, 5) is 24.2. The highest BCUT2D eigenvalue weighted by atomic mass is 32.2. The largest absolute Gasteiger partial charge is 0.490 e. The van der Waals surface area contributed by atoms with Crippen LogP contribution in [0.3, 0.4) is 0 Å². The Kier molecular flexibility index (Phi) is 10.1. The number of hydrogen-bond donors (Lipinski definition) is 2. The third-order valence-corrected chi connectivity index (χ3v) is 4.89. The number of carbonyl (C=O) groups excluding carboxylic acids is 2. The summed E-state index contributed by atoms with van der Waals surface area (Å²) >= 11 is 1.26. The van der Waals surface area contributed by atoms with Crippen LogP contribution in [0.1, 0.15) is 32.3 Å². The van der Waals surface area contributed by atoms with Gasteiger partial charge in [0.15, 0.2) is 11.5 Å². The van der Waals surface area contributed by atoms with Crippen molar-refractivity contribution >= 4 is 35.0 Å². The summed E-state index contributed by atoms with van der Waals surface area (Å²) in [6.07, 6.45) is 1.78. The number of benzene rings is 2. The monoisotopic (exact) mass is 430 g/mol. The highest BCUT2D eigenvalue weighted by Crippen LogP contribution is 2.31. The highest BCUT2D eigenvalue weighted by molar-refractivity contribution is 8.00. The summed E-state index contributed by atoms with van der Waals surface area (Å²) in [5.74, 6) is 1.37. The van der Waals surface area contributed by atoms with Gasteiger partial charge in [-0.1, -0.05) is 31.5 Å². The van der Waals surface area contributed by atoms with Gasteiger partial charge in [0.05, 0.1) is 24.7 Å². The Morgan fingerprint density at radius 2 is 1.33 bits per heavy atom. The van der Waals surface area contributed by atoms with E-state index in [0.29, 0.717) is 30.4 Å². The van der Waals surface area contributed by atoms with Crippen LogP contribution in [0.15, 0.2) is 42.5 Å². The molecule has 0 fully saturated rings. The van der Waals surface area contributed by atoms with Crippen LogP contribution < -0.4 is 20.1 Å². The minimum atomic E-state index is -0.174. The van der Waals surface area contributed by atoms with Crippen molar-refractivity contribution in [2.24, 2.45) is 0 Å². The second-order valence-corrected chi connectivity index (χ2v) is 7.80. The predicted octanol–water partition coefficient (Wildman–Crippen LogP) is 4.88. The molecule has 0 bridgehead atoms. The third-order valence-electron chi connectivity index (χ3n) is 3.95. The molecule has 0 unspecified atom stereocenters. The topological polar surface area (TPSA) is 76.7 Å². The van der Waals surface area contributed by atoms with E-state index in [0.717, 1.165) is 24.1 Å². The molecular weight excluding hydrogens is 400 g/mol. The van der Waals surface area contributed by atoms with Crippen LogP contribution >= 0.6 is 11.8 Å². The normalized spacial score (nSPS) is 10.4. The lowest BCUT2D eigenvalue weighted by Gasteiger charge is -2.14. The molecule has 2 N–H and O–H groups in total. The molecule has 6 nitrogen and oxygen atoms in total. The van der Waals surface area contributed by atoms with Crippen LogP contribution in [-0.4, -0.2) is 36.5 Å². The van der Waals surface area contributed by atoms with Crippen LogP contribution in [0, 0.1) is 6.92 Å². The molecule has 2 aromatic rings. The number of ether oxygens (including phenoxy) is 2. The van der Waals surface area contributed by atoms with Crippen molar-refractivity contribution in [2.75, 3.05) is 35.4 Å². The average Bonchev–Trinajstić information content (AvgIpc) is 2.73. The van der Waals surface area contributed by atoms with E-state index in [4.69, 9.17) is 9.47 Å². The molecule has 0 aromatic heterocycles. The maximum atomic E-state index is 12.2. The Labute approximate surface area is 182 Å². The molecule has 0 atom stereocenters. The van der Waals surface area contributed by atoms with E-state index in [1.807, 2.05) is 45.0 Å². The minimum absolute atomic E-state index is 0.135. The molecule has 2 rings (SSSR count). The summed E-state index contributed by atoms with van der Waals surface area (Å²) < 4.78 is 11.5. The van der Waals surface area contributed by atoms with E-state index in [2.05, 4.69) is 10.6 Å². The van der Waals surface area contributed by atoms with Crippen molar-refractivity contribution in [3.05, 3.63) is 48.0 Å². The van der Waals surface area contributed by atoms with E-state index >= 15 is 0 Å². The minimum Gasteiger partial charge on any atom is -0.490 e. The molecule has 0 spiro atoms. The number of anilines is 2. The predicted molar refractivity (Wildman–Crippen MR) is 124 cm³/mol. The molecule has 162 valence electrons. The van der Waals surface area contributed by atoms with Crippen molar-refractivity contribution in [1.29, 1.82) is 0 Å². The van der Waals surface area contributed by atoms with Crippen molar-refractivity contribution in [3.63, 3.8) is 0 Å². The molecule has 0 saturated heterocycles. The number of hydrogen-bond acceptors (Lipinski definition) is 5. The van der Waals surface area contributed by atoms with Gasteiger partial charge in [0.1, 0.15) is 0 Å². The smallest absolute Gasteiger partial charge is 0.234 e. The maximum absolute atomic E-state index is 12.2. The number of carbonyl (C=O) groups is 2. The van der Waals surface area contributed by atoms with Gasteiger partial charge in [0, 0.05) is 17.4 Å². The SMILES string of the molecule is CCCOc1ccc(NC(=O)CSCC(=O)Nc2ccc(C)cc2)cc1OCCC. The molecule has 0 aliphatic rings. The first-order chi connectivity index (χ1) is 14.5. The number of nitrogens with one attached hydrogen (secondary N) is 2. The van der Waals surface area contributed by atoms with Gasteiger partial charge in [-0.3, -0.25) is 9.59 Å². The van der Waals surface area contributed by atoms with E-state index in [-0.39, 0.29) is 23.3 Å². The number of aryl methyl sites for hydroxylation is 1. The Hall–Kier alpha value is -2.67. The molecule has 0 aliphatic heterocycles. The number of thioether (sulfide) groups is 1. The standard InChI is InChI=1S/C23H30N2O4S/c1-4-12-28-20-11-10-19(14-21(20)29-13-5-2)25-23(27)16-30-15-22(26)24-18-8-6-17(3)7-9-18/h6-11,14H,4-5,12-13,15-16H2,1-3H3,(H,24,26)(H,25,27). The van der Waals surface area contributed by atoms with Gasteiger partial charge in [-0.25, -0.2) is 0 Å². The first-order valence-electron chi connectivity index (χ1n) is 10.2. The zero-order chi connectivity index (χ0) is 21.8. The second-order valence-electron chi connectivity index (χ2n) is 6.81. The lowest BCUT2D eigenvalue weighted by Crippen LogP contribution is -2.18. The van der Waals surface area contributed by atoms with Crippen LogP contribution in [0.2, 0.25) is 0 Å². The van der Waals surface area contributed by atoms with Gasteiger partial charge in [-0.05, 0) is 44.0 Å². The summed E-state index contributed by atoms with van der Waals surface area (Å²) in [5.41, 5.74) is 2.52. The van der Waals surface area contributed by atoms with Gasteiger partial charge in [-0.15, -0.1) is 11.8 Å². The molecule has 0 aliphatic carbocycles. The second kappa shape index (κ2) is 12.8. The lowest BCUT2D eigenvalue weighted by molar-refractivity contribution is -0.114. The Balaban J connectivity index is 1.81. The van der Waals surface area contributed by atoms with Gasteiger partial charge < -0.3 is 20.1 Å². The van der Waals surface area contributed by atoms with E-state index in [1.165, 1.54) is 11.8 Å². The zero-order valence-electron chi connectivity index (χ0n) is 17.8. The van der Waals surface area contributed by atoms with Gasteiger partial charge in [0.2, 0.25) is 11.8 Å². The lowest BCUT2D eigenvalue weighted by atomic mass is 10.2. The third kappa shape index (κ3) is 8.37. The van der Waals surface area contributed by atoms with E-state index in [1.54, 1.807) is 18.2 Å². The molecular formula is C23H30N2O4S. The summed E-state index contributed by atoms with van der Waals surface area (Å²) in [7, 11) is 0. The maximum Gasteiger partial charge on any atom is 0.234 e. The summed E-state index contributed by atoms with van der Waals surface area (Å²) in [5, 5.41) is 5.67. The zero-order valence-corrected chi connectivity index (χ0v) is 18.6. The number of rotatable bonds is 12. The number of amides is 2. The summed E-state index contributed by atoms with van der Waals surface area (Å²) in [6.45, 7) is 7.25. The molecule has 30 heavy (non-hydrogen) atoms. The van der Waals surface area contributed by atoms with Crippen molar-refractivity contribution in [3.8, 4) is 11.5 Å². The van der Waals surface area contributed by atoms with Crippen LogP contribution in [0.5, 0.6) is 11.5 Å². The highest BCUT2D eigenvalue weighted by Gasteiger charge is 2.10. The fraction of sp³-hybridized carbons (Fsp3) is 0.391. The molecule has 0 heterocycles. The summed E-state index contributed by atoms with van der Waals surface area (Å²) in [6, 6.07) is 13.0. The average molecular weight is 431 g/mol. The Morgan fingerprint density at radius 1 is 0.800 bits per heavy atom. The quantitative estimate of drug-likeness (QED) is 0.502. The van der Waals surface area contributed by atoms with Crippen molar-refractivity contribution < 1.29 is 19.1 Å². The van der Waals surface area contributed by atoms with E-state index < -0.39 is 0 Å². The molecule has 0 saturated carbocycles. The first kappa shape index (κ1) is 23.6. The Bertz CT molecular complexity index is 824. The molecule has 2 amide bonds. The van der Waals surface area contributed by atoms with Crippen LogP contribution in [0.4, 0.5) is 11.4 Å². The fourth-order valence-electron chi connectivity index (χ4n) is 2.51. The van der Waals surface area contributed by atoms with Gasteiger partial charge in [-0.2, -0.15) is 0 Å². The van der Waals surface area contributed by atoms with Gasteiger partial charge in [0.25, 0.3) is 0 Å². The van der Waals surface area contributed by atoms with Crippen molar-refractivity contribution in [1.82, 2.24) is 0 Å². The van der Waals surface area contributed by atoms with Crippen molar-refractivity contribution in [2.45, 2.75) is 33.6 Å².